The molecule has 118 valence electrons. The zero-order chi connectivity index (χ0) is 16.6. The average Bonchev–Trinajstić information content (AvgIpc) is 2.47. The molecule has 23 heavy (non-hydrogen) atoms. The number of rotatable bonds is 2. The Morgan fingerprint density at radius 3 is 2.70 bits per heavy atom. The Labute approximate surface area is 133 Å². The lowest BCUT2D eigenvalue weighted by atomic mass is 9.93. The Morgan fingerprint density at radius 1 is 1.22 bits per heavy atom. The van der Waals surface area contributed by atoms with Crippen LogP contribution >= 0.6 is 0 Å². The van der Waals surface area contributed by atoms with Crippen molar-refractivity contribution in [2.75, 3.05) is 5.32 Å². The van der Waals surface area contributed by atoms with Crippen molar-refractivity contribution in [1.29, 1.82) is 0 Å². The summed E-state index contributed by atoms with van der Waals surface area (Å²) in [6.07, 6.45) is 0.306. The second-order valence-electron chi connectivity index (χ2n) is 6.19. The van der Waals surface area contributed by atoms with Crippen molar-refractivity contribution in [2.45, 2.75) is 32.8 Å². The van der Waals surface area contributed by atoms with Gasteiger partial charge < -0.3 is 10.1 Å². The molecule has 2 aromatic rings. The molecule has 0 spiro atoms. The number of anilines is 1. The summed E-state index contributed by atoms with van der Waals surface area (Å²) in [6, 6.07) is 8.35. The number of nitrogens with zero attached hydrogens (tertiary/aromatic N) is 2. The van der Waals surface area contributed by atoms with Gasteiger partial charge in [0.1, 0.15) is 11.4 Å². The highest BCUT2D eigenvalue weighted by molar-refractivity contribution is 6.05. The van der Waals surface area contributed by atoms with Gasteiger partial charge in [-0.2, -0.15) is 5.10 Å². The average molecular weight is 311 g/mol. The number of hydrogen-bond donors (Lipinski definition) is 1. The van der Waals surface area contributed by atoms with Crippen LogP contribution in [0.2, 0.25) is 0 Å². The van der Waals surface area contributed by atoms with Crippen molar-refractivity contribution in [2.24, 2.45) is 0 Å². The first-order valence-corrected chi connectivity index (χ1v) is 7.32. The topological polar surface area (TPSA) is 81.2 Å². The number of aryl methyl sites for hydroxylation is 1. The Morgan fingerprint density at radius 2 is 2.00 bits per heavy atom. The fourth-order valence-electron chi connectivity index (χ4n) is 2.45. The van der Waals surface area contributed by atoms with Gasteiger partial charge in [0, 0.05) is 5.69 Å². The summed E-state index contributed by atoms with van der Waals surface area (Å²) in [6.45, 7) is 5.55. The molecule has 0 radical (unpaired) electrons. The van der Waals surface area contributed by atoms with Gasteiger partial charge in [-0.1, -0.05) is 0 Å². The molecule has 6 nitrogen and oxygen atoms in total. The van der Waals surface area contributed by atoms with E-state index in [0.717, 1.165) is 5.69 Å². The molecule has 0 atom stereocenters. The molecule has 0 bridgehead atoms. The molecule has 0 aliphatic carbocycles. The van der Waals surface area contributed by atoms with Crippen LogP contribution < -0.4 is 10.1 Å². The fraction of sp³-hybridized carbons (Fsp3) is 0.294. The van der Waals surface area contributed by atoms with Crippen LogP contribution in [0.15, 0.2) is 30.3 Å². The van der Waals surface area contributed by atoms with Crippen molar-refractivity contribution in [3.8, 4) is 5.75 Å². The minimum absolute atomic E-state index is 0.00229. The predicted octanol–water partition coefficient (Wildman–Crippen LogP) is 2.78. The number of aromatic nitrogens is 2. The molecular weight excluding hydrogens is 294 g/mol. The van der Waals surface area contributed by atoms with Crippen molar-refractivity contribution in [1.82, 2.24) is 10.2 Å². The zero-order valence-corrected chi connectivity index (χ0v) is 13.2. The molecular formula is C17H17N3O3. The second-order valence-corrected chi connectivity index (χ2v) is 6.19. The number of hydrogen-bond acceptors (Lipinski definition) is 5. The lowest BCUT2D eigenvalue weighted by Gasteiger charge is -2.31. The normalized spacial score (nSPS) is 15.5. The first-order valence-electron chi connectivity index (χ1n) is 7.32. The van der Waals surface area contributed by atoms with E-state index in [2.05, 4.69) is 15.5 Å². The summed E-state index contributed by atoms with van der Waals surface area (Å²) in [4.78, 5) is 24.4. The molecule has 1 amide bonds. The third-order valence-electron chi connectivity index (χ3n) is 3.54. The summed E-state index contributed by atoms with van der Waals surface area (Å²) < 4.78 is 5.79. The van der Waals surface area contributed by atoms with E-state index in [0.29, 0.717) is 23.4 Å². The first-order chi connectivity index (χ1) is 10.8. The maximum Gasteiger partial charge on any atom is 0.276 e. The van der Waals surface area contributed by atoms with Crippen LogP contribution in [0.4, 0.5) is 5.69 Å². The first kappa shape index (κ1) is 15.1. The van der Waals surface area contributed by atoms with Crippen LogP contribution in [0.25, 0.3) is 0 Å². The number of carbonyl (C=O) groups is 2. The molecule has 1 aliphatic heterocycles. The Kier molecular flexibility index (Phi) is 3.60. The standard InChI is InChI=1S/C17H17N3O3/c1-10-4-6-13(20-19-10)16(22)18-11-5-7-15-12(8-11)14(21)9-17(2,3)23-15/h4-8H,9H2,1-3H3,(H,18,22). The van der Waals surface area contributed by atoms with Gasteiger partial charge in [0.15, 0.2) is 11.5 Å². The smallest absolute Gasteiger partial charge is 0.276 e. The summed E-state index contributed by atoms with van der Waals surface area (Å²) in [5.41, 5.74) is 1.45. The highest BCUT2D eigenvalue weighted by atomic mass is 16.5. The monoisotopic (exact) mass is 311 g/mol. The van der Waals surface area contributed by atoms with Gasteiger partial charge in [-0.3, -0.25) is 9.59 Å². The van der Waals surface area contributed by atoms with E-state index < -0.39 is 5.60 Å². The number of carbonyl (C=O) groups excluding carboxylic acids is 2. The summed E-state index contributed by atoms with van der Waals surface area (Å²) in [7, 11) is 0. The SMILES string of the molecule is Cc1ccc(C(=O)Nc2ccc3c(c2)C(=O)CC(C)(C)O3)nn1. The van der Waals surface area contributed by atoms with Crippen LogP contribution in [0.5, 0.6) is 5.75 Å². The summed E-state index contributed by atoms with van der Waals surface area (Å²) >= 11 is 0. The molecule has 0 fully saturated rings. The third kappa shape index (κ3) is 3.21. The van der Waals surface area contributed by atoms with Gasteiger partial charge in [0.25, 0.3) is 5.91 Å². The number of amides is 1. The van der Waals surface area contributed by atoms with Crippen LogP contribution in [-0.4, -0.2) is 27.5 Å². The Hall–Kier alpha value is -2.76. The molecule has 1 N–H and O–H groups in total. The van der Waals surface area contributed by atoms with Gasteiger partial charge in [0.05, 0.1) is 17.7 Å². The van der Waals surface area contributed by atoms with Crippen molar-refractivity contribution >= 4 is 17.4 Å². The number of nitrogens with one attached hydrogen (secondary N) is 1. The van der Waals surface area contributed by atoms with Gasteiger partial charge in [-0.25, -0.2) is 0 Å². The maximum absolute atomic E-state index is 12.2. The van der Waals surface area contributed by atoms with Crippen molar-refractivity contribution in [3.05, 3.63) is 47.3 Å². The number of Topliss-reactive ketones (excluding diaryl/α,β-unsaturated/α-hetero) is 1. The Balaban J connectivity index is 1.83. The molecule has 3 rings (SSSR count). The highest BCUT2D eigenvalue weighted by Crippen LogP contribution is 2.34. The molecule has 1 aromatic carbocycles. The van der Waals surface area contributed by atoms with E-state index in [1.54, 1.807) is 37.3 Å². The molecule has 0 unspecified atom stereocenters. The zero-order valence-electron chi connectivity index (χ0n) is 13.2. The van der Waals surface area contributed by atoms with Gasteiger partial charge in [-0.05, 0) is 51.1 Å². The molecule has 0 saturated carbocycles. The van der Waals surface area contributed by atoms with E-state index in [4.69, 9.17) is 4.74 Å². The van der Waals surface area contributed by atoms with Gasteiger partial charge >= 0.3 is 0 Å². The molecule has 1 aliphatic rings. The van der Waals surface area contributed by atoms with E-state index in [-0.39, 0.29) is 17.4 Å². The van der Waals surface area contributed by atoms with Crippen LogP contribution in [0, 0.1) is 6.92 Å². The van der Waals surface area contributed by atoms with E-state index in [1.165, 1.54) is 0 Å². The summed E-state index contributed by atoms with van der Waals surface area (Å²) in [5, 5.41) is 10.4. The minimum atomic E-state index is -0.508. The number of benzene rings is 1. The van der Waals surface area contributed by atoms with Gasteiger partial charge in [0.2, 0.25) is 0 Å². The van der Waals surface area contributed by atoms with Crippen LogP contribution in [0.1, 0.15) is 46.8 Å². The summed E-state index contributed by atoms with van der Waals surface area (Å²) in [5.74, 6) is 0.170. The van der Waals surface area contributed by atoms with Gasteiger partial charge in [-0.15, -0.1) is 5.10 Å². The second kappa shape index (κ2) is 5.46. The van der Waals surface area contributed by atoms with Crippen LogP contribution in [-0.2, 0) is 0 Å². The molecule has 0 saturated heterocycles. The molecule has 1 aromatic heterocycles. The predicted molar refractivity (Wildman–Crippen MR) is 84.8 cm³/mol. The van der Waals surface area contributed by atoms with E-state index >= 15 is 0 Å². The lowest BCUT2D eigenvalue weighted by Crippen LogP contribution is -2.35. The third-order valence-corrected chi connectivity index (χ3v) is 3.54. The highest BCUT2D eigenvalue weighted by Gasteiger charge is 2.32. The number of ketones is 1. The van der Waals surface area contributed by atoms with Crippen molar-refractivity contribution in [3.63, 3.8) is 0 Å². The maximum atomic E-state index is 12.2. The largest absolute Gasteiger partial charge is 0.487 e. The van der Waals surface area contributed by atoms with Crippen LogP contribution in [0.3, 0.4) is 0 Å². The van der Waals surface area contributed by atoms with E-state index in [9.17, 15) is 9.59 Å². The Bertz CT molecular complexity index is 782. The fourth-order valence-corrected chi connectivity index (χ4v) is 2.45. The number of fused-ring (bicyclic) bond motifs is 1. The minimum Gasteiger partial charge on any atom is -0.487 e. The quantitative estimate of drug-likeness (QED) is 0.922. The molecule has 2 heterocycles. The molecule has 6 heteroatoms. The lowest BCUT2D eigenvalue weighted by molar-refractivity contribution is 0.0620. The number of ether oxygens (including phenoxy) is 1. The van der Waals surface area contributed by atoms with E-state index in [1.807, 2.05) is 13.8 Å². The van der Waals surface area contributed by atoms with Crippen molar-refractivity contribution < 1.29 is 14.3 Å².